The molecule has 8 heteroatoms. The zero-order valence-electron chi connectivity index (χ0n) is 12.4. The number of aromatic nitrogens is 2. The third-order valence-electron chi connectivity index (χ3n) is 3.27. The van der Waals surface area contributed by atoms with E-state index >= 15 is 0 Å². The second-order valence-electron chi connectivity index (χ2n) is 4.85. The molecular weight excluding hydrogens is 318 g/mol. The second-order valence-corrected chi connectivity index (χ2v) is 5.37. The first-order chi connectivity index (χ1) is 11.1. The largest absolute Gasteiger partial charge is 0.476 e. The van der Waals surface area contributed by atoms with Gasteiger partial charge in [-0.15, -0.1) is 0 Å². The van der Waals surface area contributed by atoms with Gasteiger partial charge >= 0.3 is 5.97 Å². The van der Waals surface area contributed by atoms with Gasteiger partial charge in [-0.05, 0) is 6.42 Å². The highest BCUT2D eigenvalue weighted by Crippen LogP contribution is 2.18. The van der Waals surface area contributed by atoms with E-state index in [9.17, 15) is 9.59 Å². The Balaban J connectivity index is 1.96. The highest BCUT2D eigenvalue weighted by atomic mass is 32.1. The zero-order chi connectivity index (χ0) is 16.7. The summed E-state index contributed by atoms with van der Waals surface area (Å²) in [6.45, 7) is 0.527. The van der Waals surface area contributed by atoms with Gasteiger partial charge in [0.25, 0.3) is 0 Å². The monoisotopic (exact) mass is 335 g/mol. The first-order valence-corrected chi connectivity index (χ1v) is 7.86. The summed E-state index contributed by atoms with van der Waals surface area (Å²) in [6.07, 6.45) is 0.871. The minimum absolute atomic E-state index is 0.0319. The lowest BCUT2D eigenvalue weighted by atomic mass is 10.1. The Morgan fingerprint density at radius 2 is 1.87 bits per heavy atom. The number of aliphatic hydroxyl groups is 1. The van der Waals surface area contributed by atoms with Crippen molar-refractivity contribution in [3.8, 4) is 0 Å². The molecule has 0 saturated carbocycles. The maximum Gasteiger partial charge on any atom is 0.359 e. The number of rotatable bonds is 9. The molecule has 0 aliphatic carbocycles. The maximum atomic E-state index is 12.1. The summed E-state index contributed by atoms with van der Waals surface area (Å²) in [5, 5.41) is 18.2. The van der Waals surface area contributed by atoms with Crippen molar-refractivity contribution in [1.29, 1.82) is 0 Å². The Morgan fingerprint density at radius 3 is 2.52 bits per heavy atom. The lowest BCUT2D eigenvalue weighted by Crippen LogP contribution is -2.30. The standard InChI is InChI=1S/C15H17N3O4S/c19-10-9-18(14-13(15(21)22)16-23-17-14)8-4-7-12(20)11-5-2-1-3-6-11/h1-3,5-6,19H,4,7-10H2,(H,21,22). The van der Waals surface area contributed by atoms with Crippen molar-refractivity contribution in [3.05, 3.63) is 41.6 Å². The molecule has 7 nitrogen and oxygen atoms in total. The predicted octanol–water partition coefficient (Wildman–Crippen LogP) is 1.70. The summed E-state index contributed by atoms with van der Waals surface area (Å²) in [7, 11) is 0. The van der Waals surface area contributed by atoms with Crippen molar-refractivity contribution in [2.75, 3.05) is 24.6 Å². The Kier molecular flexibility index (Phi) is 6.19. The van der Waals surface area contributed by atoms with Crippen LogP contribution in [-0.2, 0) is 0 Å². The molecule has 0 fully saturated rings. The van der Waals surface area contributed by atoms with Crippen LogP contribution in [0, 0.1) is 0 Å². The molecule has 0 spiro atoms. The fourth-order valence-corrected chi connectivity index (χ4v) is 2.73. The average Bonchev–Trinajstić information content (AvgIpc) is 3.04. The fourth-order valence-electron chi connectivity index (χ4n) is 2.17. The first-order valence-electron chi connectivity index (χ1n) is 7.13. The van der Waals surface area contributed by atoms with Crippen molar-refractivity contribution in [2.24, 2.45) is 0 Å². The number of hydrogen-bond acceptors (Lipinski definition) is 7. The molecule has 1 aromatic carbocycles. The van der Waals surface area contributed by atoms with Crippen LogP contribution in [-0.4, -0.2) is 50.4 Å². The van der Waals surface area contributed by atoms with Gasteiger partial charge in [-0.25, -0.2) is 4.79 Å². The number of benzene rings is 1. The quantitative estimate of drug-likeness (QED) is 0.672. The van der Waals surface area contributed by atoms with Crippen molar-refractivity contribution >= 4 is 29.3 Å². The Hall–Kier alpha value is -2.32. The topological polar surface area (TPSA) is 104 Å². The summed E-state index contributed by atoms with van der Waals surface area (Å²) in [5.41, 5.74) is 0.528. The van der Waals surface area contributed by atoms with E-state index in [4.69, 9.17) is 10.2 Å². The summed E-state index contributed by atoms with van der Waals surface area (Å²) >= 11 is 0.814. The fraction of sp³-hybridized carbons (Fsp3) is 0.333. The van der Waals surface area contributed by atoms with Crippen LogP contribution in [0.2, 0.25) is 0 Å². The van der Waals surface area contributed by atoms with E-state index < -0.39 is 5.97 Å². The maximum absolute atomic E-state index is 12.1. The number of aromatic carboxylic acids is 1. The van der Waals surface area contributed by atoms with Crippen molar-refractivity contribution < 1.29 is 19.8 Å². The number of hydrogen-bond donors (Lipinski definition) is 2. The van der Waals surface area contributed by atoms with E-state index in [2.05, 4.69) is 8.75 Å². The summed E-state index contributed by atoms with van der Waals surface area (Å²) in [6, 6.07) is 9.00. The average molecular weight is 335 g/mol. The van der Waals surface area contributed by atoms with Crippen LogP contribution < -0.4 is 4.90 Å². The molecule has 2 aromatic rings. The Labute approximate surface area is 137 Å². The van der Waals surface area contributed by atoms with E-state index in [-0.39, 0.29) is 30.4 Å². The first kappa shape index (κ1) is 17.0. The van der Waals surface area contributed by atoms with Gasteiger partial charge in [-0.2, -0.15) is 8.75 Å². The van der Waals surface area contributed by atoms with Crippen molar-refractivity contribution in [1.82, 2.24) is 8.75 Å². The zero-order valence-corrected chi connectivity index (χ0v) is 13.2. The van der Waals surface area contributed by atoms with Gasteiger partial charge in [0.2, 0.25) is 5.69 Å². The highest BCUT2D eigenvalue weighted by Gasteiger charge is 2.21. The number of nitrogens with zero attached hydrogens (tertiary/aromatic N) is 3. The van der Waals surface area contributed by atoms with Gasteiger partial charge in [0, 0.05) is 25.1 Å². The van der Waals surface area contributed by atoms with Crippen LogP contribution in [0.3, 0.4) is 0 Å². The number of Topliss-reactive ketones (excluding diaryl/α,β-unsaturated/α-hetero) is 1. The van der Waals surface area contributed by atoms with E-state index in [1.165, 1.54) is 0 Å². The smallest absolute Gasteiger partial charge is 0.359 e. The number of carboxylic acid groups (broad SMARTS) is 1. The molecule has 2 N–H and O–H groups in total. The number of carbonyl (C=O) groups is 2. The van der Waals surface area contributed by atoms with Crippen LogP contribution in [0.15, 0.2) is 30.3 Å². The molecule has 0 aliphatic rings. The van der Waals surface area contributed by atoms with Gasteiger partial charge in [-0.1, -0.05) is 30.3 Å². The van der Waals surface area contributed by atoms with Gasteiger partial charge in [0.05, 0.1) is 18.3 Å². The van der Waals surface area contributed by atoms with Crippen molar-refractivity contribution in [3.63, 3.8) is 0 Å². The molecule has 0 atom stereocenters. The normalized spacial score (nSPS) is 10.5. The molecule has 0 bridgehead atoms. The molecule has 0 saturated heterocycles. The minimum Gasteiger partial charge on any atom is -0.476 e. The lowest BCUT2D eigenvalue weighted by molar-refractivity contribution is 0.0692. The van der Waals surface area contributed by atoms with Gasteiger partial charge < -0.3 is 15.1 Å². The molecule has 2 rings (SSSR count). The minimum atomic E-state index is -1.16. The molecule has 122 valence electrons. The van der Waals surface area contributed by atoms with E-state index in [0.717, 1.165) is 11.7 Å². The van der Waals surface area contributed by atoms with Gasteiger partial charge in [0.1, 0.15) is 0 Å². The molecule has 0 aliphatic heterocycles. The number of carbonyl (C=O) groups excluding carboxylic acids is 1. The van der Waals surface area contributed by atoms with Crippen LogP contribution in [0.4, 0.5) is 5.82 Å². The summed E-state index contributed by atoms with van der Waals surface area (Å²) < 4.78 is 7.74. The van der Waals surface area contributed by atoms with Crippen LogP contribution in [0.25, 0.3) is 0 Å². The molecule has 1 heterocycles. The number of anilines is 1. The van der Waals surface area contributed by atoms with E-state index in [1.807, 2.05) is 18.2 Å². The van der Waals surface area contributed by atoms with E-state index in [1.54, 1.807) is 17.0 Å². The highest BCUT2D eigenvalue weighted by molar-refractivity contribution is 6.99. The second kappa shape index (κ2) is 8.35. The third kappa shape index (κ3) is 4.57. The SMILES string of the molecule is O=C(CCCN(CCO)c1nsnc1C(=O)O)c1ccccc1. The molecular formula is C15H17N3O4S. The Morgan fingerprint density at radius 1 is 1.13 bits per heavy atom. The van der Waals surface area contributed by atoms with Crippen LogP contribution in [0.1, 0.15) is 33.7 Å². The molecule has 0 unspecified atom stereocenters. The van der Waals surface area contributed by atoms with Crippen LogP contribution >= 0.6 is 11.7 Å². The van der Waals surface area contributed by atoms with Gasteiger partial charge in [0.15, 0.2) is 11.6 Å². The lowest BCUT2D eigenvalue weighted by Gasteiger charge is -2.21. The van der Waals surface area contributed by atoms with Gasteiger partial charge in [-0.3, -0.25) is 4.79 Å². The molecule has 0 amide bonds. The number of aliphatic hydroxyl groups excluding tert-OH is 1. The van der Waals surface area contributed by atoms with Crippen molar-refractivity contribution in [2.45, 2.75) is 12.8 Å². The predicted molar refractivity (Wildman–Crippen MR) is 86.2 cm³/mol. The Bertz CT molecular complexity index is 660. The molecule has 0 radical (unpaired) electrons. The number of carboxylic acids is 1. The molecule has 1 aromatic heterocycles. The summed E-state index contributed by atoms with van der Waals surface area (Å²) in [4.78, 5) is 24.8. The summed E-state index contributed by atoms with van der Waals surface area (Å²) in [5.74, 6) is -0.884. The third-order valence-corrected chi connectivity index (χ3v) is 3.79. The van der Waals surface area contributed by atoms with Crippen LogP contribution in [0.5, 0.6) is 0 Å². The number of ketones is 1. The van der Waals surface area contributed by atoms with E-state index in [0.29, 0.717) is 24.9 Å². The molecule has 23 heavy (non-hydrogen) atoms.